The third kappa shape index (κ3) is 18.3. The third-order valence-corrected chi connectivity index (χ3v) is 2.73. The molecule has 0 bridgehead atoms. The molecule has 0 aliphatic heterocycles. The Balaban J connectivity index is 0. The van der Waals surface area contributed by atoms with Gasteiger partial charge in [0.25, 0.3) is 0 Å². The summed E-state index contributed by atoms with van der Waals surface area (Å²) in [6.45, 7) is 2.24. The minimum absolute atomic E-state index is 0. The second-order valence-corrected chi connectivity index (χ2v) is 4.36. The van der Waals surface area contributed by atoms with Crippen LogP contribution in [-0.4, -0.2) is 11.1 Å². The second kappa shape index (κ2) is 15.7. The molecule has 102 valence electrons. The zero-order valence-corrected chi connectivity index (χ0v) is 12.0. The van der Waals surface area contributed by atoms with E-state index in [2.05, 4.69) is 6.92 Å². The van der Waals surface area contributed by atoms with E-state index < -0.39 is 5.97 Å². The first-order valence-corrected chi connectivity index (χ1v) is 6.67. The summed E-state index contributed by atoms with van der Waals surface area (Å²) in [6, 6.07) is 0. The van der Waals surface area contributed by atoms with E-state index in [1.807, 2.05) is 0 Å². The molecule has 1 N–H and O–H groups in total. The molecule has 17 heavy (non-hydrogen) atoms. The smallest absolute Gasteiger partial charge is 0.327 e. The quantitative estimate of drug-likeness (QED) is 0.343. The molecule has 0 aliphatic carbocycles. The van der Waals surface area contributed by atoms with Gasteiger partial charge in [-0.3, -0.25) is 0 Å². The average molecular weight is 282 g/mol. The molecule has 0 spiro atoms. The molecule has 0 atom stereocenters. The molecular weight excluding hydrogens is 256 g/mol. The van der Waals surface area contributed by atoms with E-state index >= 15 is 0 Å². The summed E-state index contributed by atoms with van der Waals surface area (Å²) in [5.74, 6) is -0.837. The number of hydrogen-bond donors (Lipinski definition) is 1. The van der Waals surface area contributed by atoms with Crippen LogP contribution in [-0.2, 0) is 21.9 Å². The van der Waals surface area contributed by atoms with Crippen molar-refractivity contribution in [3.63, 3.8) is 0 Å². The van der Waals surface area contributed by atoms with E-state index in [1.165, 1.54) is 57.4 Å². The molecular formula is C14H26FeO2. The van der Waals surface area contributed by atoms with E-state index in [0.29, 0.717) is 0 Å². The summed E-state index contributed by atoms with van der Waals surface area (Å²) in [7, 11) is 0. The van der Waals surface area contributed by atoms with Crippen molar-refractivity contribution < 1.29 is 27.0 Å². The maximum absolute atomic E-state index is 10.2. The Labute approximate surface area is 116 Å². The molecule has 0 aromatic rings. The molecule has 0 aromatic carbocycles. The van der Waals surface area contributed by atoms with Crippen LogP contribution in [0.15, 0.2) is 12.2 Å². The van der Waals surface area contributed by atoms with Crippen molar-refractivity contribution in [2.45, 2.75) is 71.1 Å². The van der Waals surface area contributed by atoms with Gasteiger partial charge in [-0.1, -0.05) is 64.4 Å². The molecule has 0 heterocycles. The van der Waals surface area contributed by atoms with Gasteiger partial charge in [-0.25, -0.2) is 4.79 Å². The Kier molecular flexibility index (Phi) is 17.7. The van der Waals surface area contributed by atoms with Crippen molar-refractivity contribution in [1.29, 1.82) is 0 Å². The Bertz CT molecular complexity index is 191. The van der Waals surface area contributed by atoms with Gasteiger partial charge in [-0.2, -0.15) is 0 Å². The van der Waals surface area contributed by atoms with Gasteiger partial charge < -0.3 is 5.11 Å². The largest absolute Gasteiger partial charge is 0.478 e. The van der Waals surface area contributed by atoms with E-state index in [9.17, 15) is 4.79 Å². The Morgan fingerprint density at radius 2 is 1.41 bits per heavy atom. The molecule has 0 aromatic heterocycles. The molecule has 3 heteroatoms. The van der Waals surface area contributed by atoms with Gasteiger partial charge in [0.05, 0.1) is 0 Å². The first-order valence-electron chi connectivity index (χ1n) is 6.67. The summed E-state index contributed by atoms with van der Waals surface area (Å²) in [4.78, 5) is 10.2. The summed E-state index contributed by atoms with van der Waals surface area (Å²) in [5.41, 5.74) is 0. The minimum Gasteiger partial charge on any atom is -0.478 e. The molecule has 0 saturated carbocycles. The molecule has 0 unspecified atom stereocenters. The number of unbranched alkanes of at least 4 members (excludes halogenated alkanes) is 9. The van der Waals surface area contributed by atoms with Gasteiger partial charge in [-0.15, -0.1) is 0 Å². The van der Waals surface area contributed by atoms with Gasteiger partial charge in [0, 0.05) is 23.1 Å². The predicted molar refractivity (Wildman–Crippen MR) is 68.6 cm³/mol. The van der Waals surface area contributed by atoms with Crippen LogP contribution in [0.5, 0.6) is 0 Å². The van der Waals surface area contributed by atoms with Crippen LogP contribution in [0.25, 0.3) is 0 Å². The summed E-state index contributed by atoms with van der Waals surface area (Å²) >= 11 is 0. The molecule has 2 nitrogen and oxygen atoms in total. The Morgan fingerprint density at radius 3 is 1.88 bits per heavy atom. The van der Waals surface area contributed by atoms with Gasteiger partial charge in [0.15, 0.2) is 0 Å². The topological polar surface area (TPSA) is 37.3 Å². The van der Waals surface area contributed by atoms with Crippen LogP contribution in [0, 0.1) is 0 Å². The molecule has 0 rings (SSSR count). The summed E-state index contributed by atoms with van der Waals surface area (Å²) < 4.78 is 0. The number of allylic oxidation sites excluding steroid dienone is 1. The predicted octanol–water partition coefficient (Wildman–Crippen LogP) is 4.55. The van der Waals surface area contributed by atoms with Crippen molar-refractivity contribution in [2.24, 2.45) is 0 Å². The number of carboxylic acids is 1. The van der Waals surface area contributed by atoms with Crippen molar-refractivity contribution in [2.75, 3.05) is 0 Å². The zero-order chi connectivity index (χ0) is 12.1. The Morgan fingerprint density at radius 1 is 0.941 bits per heavy atom. The number of rotatable bonds is 11. The molecule has 0 aliphatic rings. The van der Waals surface area contributed by atoms with Crippen molar-refractivity contribution >= 4 is 5.97 Å². The third-order valence-electron chi connectivity index (χ3n) is 2.73. The van der Waals surface area contributed by atoms with Gasteiger partial charge in [0.2, 0.25) is 0 Å². The maximum Gasteiger partial charge on any atom is 0.327 e. The first-order chi connectivity index (χ1) is 7.77. The fraction of sp³-hybridized carbons (Fsp3) is 0.786. The van der Waals surface area contributed by atoms with Crippen LogP contribution in [0.3, 0.4) is 0 Å². The fourth-order valence-corrected chi connectivity index (χ4v) is 1.76. The maximum atomic E-state index is 10.2. The summed E-state index contributed by atoms with van der Waals surface area (Å²) in [6.07, 6.45) is 15.7. The van der Waals surface area contributed by atoms with Crippen molar-refractivity contribution in [1.82, 2.24) is 0 Å². The number of carboxylic acid groups (broad SMARTS) is 1. The fourth-order valence-electron chi connectivity index (χ4n) is 1.76. The minimum atomic E-state index is -0.837. The van der Waals surface area contributed by atoms with Crippen molar-refractivity contribution in [3.05, 3.63) is 12.2 Å². The number of aliphatic carboxylic acids is 1. The van der Waals surface area contributed by atoms with Crippen LogP contribution in [0.1, 0.15) is 71.1 Å². The van der Waals surface area contributed by atoms with Crippen LogP contribution < -0.4 is 0 Å². The average Bonchev–Trinajstić information content (AvgIpc) is 2.25. The first kappa shape index (κ1) is 19.1. The van der Waals surface area contributed by atoms with Gasteiger partial charge in [-0.05, 0) is 12.8 Å². The molecule has 0 saturated heterocycles. The number of hydrogen-bond acceptors (Lipinski definition) is 1. The van der Waals surface area contributed by atoms with Crippen molar-refractivity contribution in [3.8, 4) is 0 Å². The SMILES string of the molecule is CCCCCCCCCCCC=CC(=O)O.[Fe]. The molecule has 0 fully saturated rings. The second-order valence-electron chi connectivity index (χ2n) is 4.36. The summed E-state index contributed by atoms with van der Waals surface area (Å²) in [5, 5.41) is 8.37. The van der Waals surface area contributed by atoms with E-state index in [0.717, 1.165) is 12.8 Å². The van der Waals surface area contributed by atoms with Gasteiger partial charge >= 0.3 is 5.97 Å². The monoisotopic (exact) mass is 282 g/mol. The standard InChI is InChI=1S/C14H26O2.Fe/c1-2-3-4-5-6-7-8-9-10-11-12-13-14(15)16;/h12-13H,2-11H2,1H3,(H,15,16);. The van der Waals surface area contributed by atoms with E-state index in [-0.39, 0.29) is 17.1 Å². The van der Waals surface area contributed by atoms with Gasteiger partial charge in [0.1, 0.15) is 0 Å². The van der Waals surface area contributed by atoms with Crippen LogP contribution in [0.4, 0.5) is 0 Å². The number of carbonyl (C=O) groups is 1. The van der Waals surface area contributed by atoms with E-state index in [4.69, 9.17) is 5.11 Å². The molecule has 0 amide bonds. The Hall–Kier alpha value is -0.271. The van der Waals surface area contributed by atoms with Crippen LogP contribution in [0.2, 0.25) is 0 Å². The van der Waals surface area contributed by atoms with E-state index in [1.54, 1.807) is 6.08 Å². The molecule has 0 radical (unpaired) electrons. The zero-order valence-electron chi connectivity index (χ0n) is 10.9. The van der Waals surface area contributed by atoms with Crippen LogP contribution >= 0.6 is 0 Å². The normalized spacial score (nSPS) is 10.4.